The highest BCUT2D eigenvalue weighted by Gasteiger charge is 2.18. The molecule has 2 aromatic heterocycles. The lowest BCUT2D eigenvalue weighted by Crippen LogP contribution is -2.19. The monoisotopic (exact) mass is 318 g/mol. The van der Waals surface area contributed by atoms with Gasteiger partial charge in [0.15, 0.2) is 0 Å². The molecule has 1 saturated heterocycles. The minimum Gasteiger partial charge on any atom is -0.480 e. The van der Waals surface area contributed by atoms with E-state index in [1.807, 2.05) is 33.8 Å². The average Bonchev–Trinajstić information content (AvgIpc) is 3.06. The Balaban J connectivity index is 0.000000924. The number of aryl methyl sites for hydroxylation is 2. The van der Waals surface area contributed by atoms with Crippen molar-refractivity contribution < 1.29 is 9.47 Å². The van der Waals surface area contributed by atoms with Crippen molar-refractivity contribution in [2.45, 2.75) is 46.6 Å². The summed E-state index contributed by atoms with van der Waals surface area (Å²) in [5, 5.41) is 4.19. The standard InChI is InChI=1S/C15H20N4O2.C2H6/c1-9-7-12-13(15(17-9)20-3)14(19-10(2)18-12)16-8-11-5-4-6-21-11;1-2/h7,11H,4-6,8H2,1-3H3,(H,16,18,19);1-2H3. The lowest BCUT2D eigenvalue weighted by molar-refractivity contribution is 0.120. The van der Waals surface area contributed by atoms with Crippen LogP contribution < -0.4 is 10.1 Å². The number of methoxy groups -OCH3 is 1. The third-order valence-corrected chi connectivity index (χ3v) is 3.60. The van der Waals surface area contributed by atoms with Gasteiger partial charge in [-0.3, -0.25) is 0 Å². The molecule has 2 aromatic rings. The molecule has 0 spiro atoms. The Morgan fingerprint density at radius 2 is 2.04 bits per heavy atom. The molecule has 1 aliphatic heterocycles. The molecule has 0 amide bonds. The molecule has 1 aliphatic rings. The van der Waals surface area contributed by atoms with Crippen molar-refractivity contribution in [3.63, 3.8) is 0 Å². The van der Waals surface area contributed by atoms with Crippen LogP contribution in [0.15, 0.2) is 6.07 Å². The van der Waals surface area contributed by atoms with E-state index in [-0.39, 0.29) is 6.10 Å². The normalized spacial score (nSPS) is 16.8. The van der Waals surface area contributed by atoms with Gasteiger partial charge in [0.05, 0.1) is 18.7 Å². The van der Waals surface area contributed by atoms with Crippen LogP contribution >= 0.6 is 0 Å². The van der Waals surface area contributed by atoms with Crippen molar-refractivity contribution in [1.82, 2.24) is 15.0 Å². The Hall–Kier alpha value is -1.95. The molecule has 3 rings (SSSR count). The Kier molecular flexibility index (Phi) is 6.10. The first-order valence-electron chi connectivity index (χ1n) is 8.23. The van der Waals surface area contributed by atoms with Gasteiger partial charge in [-0.2, -0.15) is 0 Å². The SMILES string of the molecule is CC.COc1nc(C)cc2nc(C)nc(NCC3CCCO3)c12. The number of nitrogens with one attached hydrogen (secondary N) is 1. The number of hydrogen-bond acceptors (Lipinski definition) is 6. The Bertz CT molecular complexity index is 649. The zero-order valence-electron chi connectivity index (χ0n) is 14.6. The largest absolute Gasteiger partial charge is 0.480 e. The Morgan fingerprint density at radius 1 is 1.26 bits per heavy atom. The summed E-state index contributed by atoms with van der Waals surface area (Å²) in [7, 11) is 1.62. The number of rotatable bonds is 4. The topological polar surface area (TPSA) is 69.2 Å². The van der Waals surface area contributed by atoms with Gasteiger partial charge >= 0.3 is 0 Å². The van der Waals surface area contributed by atoms with Gasteiger partial charge in [0.1, 0.15) is 17.0 Å². The second kappa shape index (κ2) is 8.06. The van der Waals surface area contributed by atoms with Crippen molar-refractivity contribution in [1.29, 1.82) is 0 Å². The van der Waals surface area contributed by atoms with Crippen LogP contribution in [-0.2, 0) is 4.74 Å². The summed E-state index contributed by atoms with van der Waals surface area (Å²) in [6.45, 7) is 9.40. The Morgan fingerprint density at radius 3 is 2.70 bits per heavy atom. The summed E-state index contributed by atoms with van der Waals surface area (Å²) in [5.41, 5.74) is 1.73. The van der Waals surface area contributed by atoms with Gasteiger partial charge in [-0.15, -0.1) is 0 Å². The van der Waals surface area contributed by atoms with Crippen LogP contribution in [0, 0.1) is 13.8 Å². The molecule has 3 heterocycles. The van der Waals surface area contributed by atoms with E-state index in [1.165, 1.54) is 0 Å². The van der Waals surface area contributed by atoms with Gasteiger partial charge < -0.3 is 14.8 Å². The second-order valence-corrected chi connectivity index (χ2v) is 5.30. The minimum atomic E-state index is 0.250. The zero-order chi connectivity index (χ0) is 16.8. The van der Waals surface area contributed by atoms with Gasteiger partial charge in [0.2, 0.25) is 5.88 Å². The number of anilines is 1. The zero-order valence-corrected chi connectivity index (χ0v) is 14.6. The molecule has 23 heavy (non-hydrogen) atoms. The molecule has 1 unspecified atom stereocenters. The molecule has 0 radical (unpaired) electrons. The summed E-state index contributed by atoms with van der Waals surface area (Å²) < 4.78 is 11.0. The summed E-state index contributed by atoms with van der Waals surface area (Å²) in [6, 6.07) is 1.95. The summed E-state index contributed by atoms with van der Waals surface area (Å²) in [5.74, 6) is 2.04. The molecule has 1 fully saturated rings. The number of aromatic nitrogens is 3. The predicted octanol–water partition coefficient (Wildman–Crippen LogP) is 3.27. The van der Waals surface area contributed by atoms with Crippen molar-refractivity contribution in [2.75, 3.05) is 25.6 Å². The van der Waals surface area contributed by atoms with Crippen molar-refractivity contribution in [2.24, 2.45) is 0 Å². The van der Waals surface area contributed by atoms with E-state index in [9.17, 15) is 0 Å². The van der Waals surface area contributed by atoms with Crippen LogP contribution in [0.1, 0.15) is 38.2 Å². The lowest BCUT2D eigenvalue weighted by atomic mass is 10.2. The van der Waals surface area contributed by atoms with Crippen LogP contribution in [0.2, 0.25) is 0 Å². The average molecular weight is 318 g/mol. The van der Waals surface area contributed by atoms with E-state index in [0.717, 1.165) is 54.2 Å². The maximum absolute atomic E-state index is 5.64. The fourth-order valence-corrected chi connectivity index (χ4v) is 2.65. The quantitative estimate of drug-likeness (QED) is 0.933. The van der Waals surface area contributed by atoms with Gasteiger partial charge in [0, 0.05) is 18.8 Å². The fraction of sp³-hybridized carbons (Fsp3) is 0.588. The highest BCUT2D eigenvalue weighted by Crippen LogP contribution is 2.29. The highest BCUT2D eigenvalue weighted by atomic mass is 16.5. The summed E-state index contributed by atoms with van der Waals surface area (Å²) >= 11 is 0. The van der Waals surface area contributed by atoms with Gasteiger partial charge in [-0.1, -0.05) is 13.8 Å². The maximum Gasteiger partial charge on any atom is 0.226 e. The van der Waals surface area contributed by atoms with Crippen molar-refractivity contribution in [3.05, 3.63) is 17.6 Å². The van der Waals surface area contributed by atoms with E-state index in [4.69, 9.17) is 9.47 Å². The first-order valence-corrected chi connectivity index (χ1v) is 8.23. The van der Waals surface area contributed by atoms with Crippen molar-refractivity contribution in [3.8, 4) is 5.88 Å². The van der Waals surface area contributed by atoms with Crippen LogP contribution in [-0.4, -0.2) is 41.3 Å². The molecular weight excluding hydrogens is 292 g/mol. The smallest absolute Gasteiger partial charge is 0.226 e. The van der Waals surface area contributed by atoms with E-state index >= 15 is 0 Å². The molecule has 1 N–H and O–H groups in total. The minimum absolute atomic E-state index is 0.250. The van der Waals surface area contributed by atoms with Crippen LogP contribution in [0.4, 0.5) is 5.82 Å². The molecule has 0 bridgehead atoms. The third kappa shape index (κ3) is 4.07. The molecule has 0 aromatic carbocycles. The molecule has 0 aliphatic carbocycles. The third-order valence-electron chi connectivity index (χ3n) is 3.60. The molecule has 0 saturated carbocycles. The Labute approximate surface area is 137 Å². The maximum atomic E-state index is 5.64. The first kappa shape index (κ1) is 17.4. The molecular formula is C17H26N4O2. The number of hydrogen-bond donors (Lipinski definition) is 1. The molecule has 6 nitrogen and oxygen atoms in total. The number of fused-ring (bicyclic) bond motifs is 1. The first-order chi connectivity index (χ1) is 11.2. The van der Waals surface area contributed by atoms with E-state index in [1.54, 1.807) is 7.11 Å². The second-order valence-electron chi connectivity index (χ2n) is 5.30. The van der Waals surface area contributed by atoms with Crippen molar-refractivity contribution >= 4 is 16.7 Å². The predicted molar refractivity (Wildman–Crippen MR) is 92.2 cm³/mol. The van der Waals surface area contributed by atoms with Crippen LogP contribution in [0.3, 0.4) is 0 Å². The number of ether oxygens (including phenoxy) is 2. The number of nitrogens with zero attached hydrogens (tertiary/aromatic N) is 3. The van der Waals surface area contributed by atoms with E-state index in [0.29, 0.717) is 5.88 Å². The lowest BCUT2D eigenvalue weighted by Gasteiger charge is -2.15. The van der Waals surface area contributed by atoms with Crippen LogP contribution in [0.5, 0.6) is 5.88 Å². The van der Waals surface area contributed by atoms with E-state index < -0.39 is 0 Å². The molecule has 6 heteroatoms. The molecule has 1 atom stereocenters. The summed E-state index contributed by atoms with van der Waals surface area (Å²) in [4.78, 5) is 13.4. The van der Waals surface area contributed by atoms with Gasteiger partial charge in [-0.05, 0) is 32.8 Å². The van der Waals surface area contributed by atoms with Gasteiger partial charge in [0.25, 0.3) is 0 Å². The molecule has 126 valence electrons. The summed E-state index contributed by atoms with van der Waals surface area (Å²) in [6.07, 6.45) is 2.46. The van der Waals surface area contributed by atoms with Crippen LogP contribution in [0.25, 0.3) is 10.9 Å². The highest BCUT2D eigenvalue weighted by molar-refractivity contribution is 5.93. The van der Waals surface area contributed by atoms with Gasteiger partial charge in [-0.25, -0.2) is 15.0 Å². The fourth-order valence-electron chi connectivity index (χ4n) is 2.65. The van der Waals surface area contributed by atoms with E-state index in [2.05, 4.69) is 20.3 Å². The number of pyridine rings is 1.